The van der Waals surface area contributed by atoms with Gasteiger partial charge in [0.05, 0.1) is 0 Å². The molecule has 0 aliphatic heterocycles. The maximum atomic E-state index is 13.2. The zero-order valence-electron chi connectivity index (χ0n) is 13.3. The lowest BCUT2D eigenvalue weighted by Gasteiger charge is -2.44. The highest BCUT2D eigenvalue weighted by atomic mass is 19.4. The third-order valence-electron chi connectivity index (χ3n) is 3.47. The van der Waals surface area contributed by atoms with Crippen molar-refractivity contribution in [2.75, 3.05) is 0 Å². The van der Waals surface area contributed by atoms with E-state index < -0.39 is 67.2 Å². The average molecular weight is 480 g/mol. The van der Waals surface area contributed by atoms with E-state index in [9.17, 15) is 79.0 Å². The van der Waals surface area contributed by atoms with Crippen LogP contribution in [0.3, 0.4) is 0 Å². The maximum absolute atomic E-state index is 13.2. The van der Waals surface area contributed by atoms with Crippen molar-refractivity contribution in [2.24, 2.45) is 0 Å². The van der Waals surface area contributed by atoms with Crippen molar-refractivity contribution in [3.8, 4) is 0 Å². The van der Waals surface area contributed by atoms with Crippen molar-refractivity contribution in [1.82, 2.24) is 0 Å². The molecular weight excluding hydrogens is 474 g/mol. The van der Waals surface area contributed by atoms with Crippen LogP contribution in [0, 0.1) is 0 Å². The van der Waals surface area contributed by atoms with Crippen LogP contribution in [0.25, 0.3) is 0 Å². The molecule has 18 heteroatoms. The molecule has 0 aromatic rings. The molecule has 0 amide bonds. The topological polar surface area (TPSA) is 0 Å². The molecule has 0 heterocycles. The van der Waals surface area contributed by atoms with Gasteiger partial charge in [0.25, 0.3) is 0 Å². The SMILES string of the molecule is CC(F)(F)C(F)(F)C(F)(F)C(F)(F)C(F)(F)C(F)(F)C(F)(F)C(F)(F)C(C)(F)F. The summed E-state index contributed by atoms with van der Waals surface area (Å²) in [5.41, 5.74) is 0. The Morgan fingerprint density at radius 1 is 0.241 bits per heavy atom. The van der Waals surface area contributed by atoms with Crippen molar-refractivity contribution < 1.29 is 79.0 Å². The van der Waals surface area contributed by atoms with Crippen molar-refractivity contribution >= 4 is 0 Å². The molecule has 0 aliphatic carbocycles. The second-order valence-corrected chi connectivity index (χ2v) is 5.80. The van der Waals surface area contributed by atoms with E-state index >= 15 is 0 Å². The van der Waals surface area contributed by atoms with Crippen molar-refractivity contribution in [3.05, 3.63) is 0 Å². The minimum Gasteiger partial charge on any atom is -0.200 e. The molecule has 0 saturated heterocycles. The summed E-state index contributed by atoms with van der Waals surface area (Å²) in [5.74, 6) is -70.4. The Labute approximate surface area is 147 Å². The minimum atomic E-state index is -8.68. The van der Waals surface area contributed by atoms with Crippen LogP contribution in [0.5, 0.6) is 0 Å². The Morgan fingerprint density at radius 2 is 0.345 bits per heavy atom. The molecule has 0 unspecified atom stereocenters. The first kappa shape index (κ1) is 27.7. The Balaban J connectivity index is 6.82. The van der Waals surface area contributed by atoms with Crippen LogP contribution in [0.15, 0.2) is 0 Å². The maximum Gasteiger partial charge on any atom is 0.385 e. The van der Waals surface area contributed by atoms with Gasteiger partial charge in [-0.05, 0) is 0 Å². The molecule has 176 valence electrons. The summed E-state index contributed by atoms with van der Waals surface area (Å²) >= 11 is 0. The molecule has 0 aromatic carbocycles. The van der Waals surface area contributed by atoms with Crippen molar-refractivity contribution in [1.29, 1.82) is 0 Å². The number of hydrogen-bond acceptors (Lipinski definition) is 0. The van der Waals surface area contributed by atoms with Gasteiger partial charge in [0.1, 0.15) is 0 Å². The fourth-order valence-corrected chi connectivity index (χ4v) is 1.54. The van der Waals surface area contributed by atoms with Crippen LogP contribution in [-0.4, -0.2) is 53.3 Å². The Bertz CT molecular complexity index is 550. The van der Waals surface area contributed by atoms with Crippen molar-refractivity contribution in [2.45, 2.75) is 67.2 Å². The quantitative estimate of drug-likeness (QED) is 0.338. The lowest BCUT2D eigenvalue weighted by atomic mass is 9.87. The summed E-state index contributed by atoms with van der Waals surface area (Å²) in [6.07, 6.45) is 0. The van der Waals surface area contributed by atoms with E-state index in [2.05, 4.69) is 0 Å². The summed E-state index contributed by atoms with van der Waals surface area (Å²) in [6, 6.07) is 0. The number of rotatable bonds is 8. The van der Waals surface area contributed by atoms with E-state index in [-0.39, 0.29) is 0 Å². The van der Waals surface area contributed by atoms with Gasteiger partial charge in [0.15, 0.2) is 0 Å². The van der Waals surface area contributed by atoms with Crippen LogP contribution in [0.4, 0.5) is 79.0 Å². The fraction of sp³-hybridized carbons (Fsp3) is 1.00. The van der Waals surface area contributed by atoms with E-state index in [1.807, 2.05) is 0 Å². The molecule has 0 spiro atoms. The average Bonchev–Trinajstić information content (AvgIpc) is 2.43. The van der Waals surface area contributed by atoms with Gasteiger partial charge in [-0.15, -0.1) is 0 Å². The monoisotopic (exact) mass is 480 g/mol. The lowest BCUT2D eigenvalue weighted by molar-refractivity contribution is -0.460. The summed E-state index contributed by atoms with van der Waals surface area (Å²) in [5, 5.41) is 0. The summed E-state index contributed by atoms with van der Waals surface area (Å²) in [7, 11) is 0. The first-order valence-electron chi connectivity index (χ1n) is 6.40. The van der Waals surface area contributed by atoms with Gasteiger partial charge >= 0.3 is 53.3 Å². The smallest absolute Gasteiger partial charge is 0.200 e. The third-order valence-corrected chi connectivity index (χ3v) is 3.47. The van der Waals surface area contributed by atoms with Gasteiger partial charge in [0.2, 0.25) is 0 Å². The largest absolute Gasteiger partial charge is 0.385 e. The summed E-state index contributed by atoms with van der Waals surface area (Å²) in [4.78, 5) is 0. The first-order chi connectivity index (χ1) is 12.0. The van der Waals surface area contributed by atoms with E-state index in [1.54, 1.807) is 0 Å². The predicted molar refractivity (Wildman–Crippen MR) is 55.9 cm³/mol. The predicted octanol–water partition coefficient (Wildman–Crippen LogP) is 6.74. The highest BCUT2D eigenvalue weighted by Gasteiger charge is 2.95. The zero-order valence-corrected chi connectivity index (χ0v) is 13.3. The van der Waals surface area contributed by atoms with Crippen LogP contribution in [0.2, 0.25) is 0 Å². The number of hydrogen-bond donors (Lipinski definition) is 0. The molecule has 0 aromatic heterocycles. The first-order valence-corrected chi connectivity index (χ1v) is 6.40. The Kier molecular flexibility index (Phi) is 6.09. The van der Waals surface area contributed by atoms with Gasteiger partial charge < -0.3 is 0 Å². The normalized spacial score (nSPS) is 17.0. The highest BCUT2D eigenvalue weighted by molar-refractivity contribution is 5.16. The van der Waals surface area contributed by atoms with Gasteiger partial charge in [-0.2, -0.15) is 79.0 Å². The van der Waals surface area contributed by atoms with E-state index in [4.69, 9.17) is 0 Å². The highest BCUT2D eigenvalue weighted by Crippen LogP contribution is 2.64. The lowest BCUT2D eigenvalue weighted by Crippen LogP contribution is -2.75. The molecule has 0 nitrogen and oxygen atoms in total. The van der Waals surface area contributed by atoms with Crippen LogP contribution >= 0.6 is 0 Å². The summed E-state index contributed by atoms with van der Waals surface area (Å²) < 4.78 is 232. The van der Waals surface area contributed by atoms with Crippen molar-refractivity contribution in [3.63, 3.8) is 0 Å². The molecule has 0 fully saturated rings. The van der Waals surface area contributed by atoms with E-state index in [1.165, 1.54) is 0 Å². The number of halogens is 18. The molecule has 0 aliphatic rings. The second-order valence-electron chi connectivity index (χ2n) is 5.80. The van der Waals surface area contributed by atoms with Crippen LogP contribution < -0.4 is 0 Å². The molecule has 29 heavy (non-hydrogen) atoms. The minimum absolute atomic E-state index is 1.28. The molecule has 0 rings (SSSR count). The van der Waals surface area contributed by atoms with Crippen LogP contribution in [-0.2, 0) is 0 Å². The van der Waals surface area contributed by atoms with Crippen LogP contribution in [0.1, 0.15) is 13.8 Å². The van der Waals surface area contributed by atoms with Gasteiger partial charge in [-0.25, -0.2) is 0 Å². The summed E-state index contributed by atoms with van der Waals surface area (Å²) in [6.45, 7) is -2.57. The molecule has 0 saturated carbocycles. The Hall–Kier alpha value is -1.26. The fourth-order valence-electron chi connectivity index (χ4n) is 1.54. The Morgan fingerprint density at radius 3 is 0.448 bits per heavy atom. The van der Waals surface area contributed by atoms with Gasteiger partial charge in [-0.3, -0.25) is 0 Å². The second kappa shape index (κ2) is 6.37. The zero-order chi connectivity index (χ0) is 24.5. The third kappa shape index (κ3) is 3.27. The molecule has 0 N–H and O–H groups in total. The van der Waals surface area contributed by atoms with E-state index in [0.29, 0.717) is 0 Å². The standard InChI is InChI=1S/C11H6F18/c1-3(12,13)5(16,17)7(20,21)9(24,25)11(28,29)10(26,27)8(22,23)6(18,19)4(2,14)15/h1-2H3. The van der Waals surface area contributed by atoms with E-state index in [0.717, 1.165) is 0 Å². The molecule has 0 radical (unpaired) electrons. The molecular formula is C11H6F18. The van der Waals surface area contributed by atoms with Gasteiger partial charge in [0, 0.05) is 13.8 Å². The molecule has 0 bridgehead atoms. The molecule has 0 atom stereocenters. The number of alkyl halides is 18. The van der Waals surface area contributed by atoms with Gasteiger partial charge in [-0.1, -0.05) is 0 Å².